The van der Waals surface area contributed by atoms with E-state index in [0.29, 0.717) is 23.1 Å². The van der Waals surface area contributed by atoms with Gasteiger partial charge in [0.15, 0.2) is 5.82 Å². The molecule has 0 aliphatic carbocycles. The maximum atomic E-state index is 6.03. The van der Waals surface area contributed by atoms with Gasteiger partial charge in [-0.2, -0.15) is 0 Å². The highest BCUT2D eigenvalue weighted by Gasteiger charge is 2.12. The summed E-state index contributed by atoms with van der Waals surface area (Å²) in [7, 11) is 0. The van der Waals surface area contributed by atoms with E-state index in [2.05, 4.69) is 46.7 Å². The Labute approximate surface area is 127 Å². The van der Waals surface area contributed by atoms with Crippen LogP contribution in [0.5, 0.6) is 0 Å². The quantitative estimate of drug-likeness (QED) is 0.755. The van der Waals surface area contributed by atoms with Crippen LogP contribution in [0.2, 0.25) is 5.02 Å². The van der Waals surface area contributed by atoms with Gasteiger partial charge < -0.3 is 5.73 Å². The number of nitrogens with zero attached hydrogens (tertiary/aromatic N) is 4. The first-order valence-corrected chi connectivity index (χ1v) is 6.88. The predicted molar refractivity (Wildman–Crippen MR) is 83.0 cm³/mol. The molecule has 0 saturated heterocycles. The van der Waals surface area contributed by atoms with Crippen molar-refractivity contribution < 1.29 is 0 Å². The molecule has 0 saturated carbocycles. The number of halogens is 1. The topological polar surface area (TPSA) is 69.6 Å². The summed E-state index contributed by atoms with van der Waals surface area (Å²) in [5.41, 5.74) is 9.67. The molecule has 2 aromatic carbocycles. The van der Waals surface area contributed by atoms with Crippen LogP contribution in [-0.4, -0.2) is 20.2 Å². The SMILES string of the molecule is Cc1ccc(Cn2nnnc2-c2cc(Cl)ccc2N)cc1. The van der Waals surface area contributed by atoms with E-state index in [4.69, 9.17) is 17.3 Å². The van der Waals surface area contributed by atoms with E-state index in [1.165, 1.54) is 5.56 Å². The maximum Gasteiger partial charge on any atom is 0.184 e. The van der Waals surface area contributed by atoms with Gasteiger partial charge in [0.2, 0.25) is 0 Å². The molecule has 0 fully saturated rings. The molecule has 0 bridgehead atoms. The van der Waals surface area contributed by atoms with Gasteiger partial charge in [-0.15, -0.1) is 5.10 Å². The number of tetrazole rings is 1. The fourth-order valence-electron chi connectivity index (χ4n) is 2.09. The van der Waals surface area contributed by atoms with Gasteiger partial charge in [-0.05, 0) is 41.1 Å². The third-order valence-electron chi connectivity index (χ3n) is 3.24. The van der Waals surface area contributed by atoms with E-state index in [1.54, 1.807) is 22.9 Å². The molecule has 21 heavy (non-hydrogen) atoms. The van der Waals surface area contributed by atoms with Crippen molar-refractivity contribution in [1.82, 2.24) is 20.2 Å². The second-order valence-electron chi connectivity index (χ2n) is 4.88. The number of hydrogen-bond donors (Lipinski definition) is 1. The summed E-state index contributed by atoms with van der Waals surface area (Å²) in [5.74, 6) is 0.607. The van der Waals surface area contributed by atoms with Crippen LogP contribution in [0.25, 0.3) is 11.4 Å². The van der Waals surface area contributed by atoms with Gasteiger partial charge in [-0.1, -0.05) is 41.4 Å². The zero-order valence-electron chi connectivity index (χ0n) is 11.5. The Morgan fingerprint density at radius 3 is 2.67 bits per heavy atom. The number of aryl methyl sites for hydroxylation is 1. The lowest BCUT2D eigenvalue weighted by molar-refractivity contribution is 0.653. The first-order chi connectivity index (χ1) is 10.1. The lowest BCUT2D eigenvalue weighted by atomic mass is 10.1. The molecular formula is C15H14ClN5. The van der Waals surface area contributed by atoms with Crippen LogP contribution in [0.1, 0.15) is 11.1 Å². The van der Waals surface area contributed by atoms with E-state index < -0.39 is 0 Å². The van der Waals surface area contributed by atoms with Crippen LogP contribution in [0.15, 0.2) is 42.5 Å². The maximum absolute atomic E-state index is 6.03. The number of benzene rings is 2. The van der Waals surface area contributed by atoms with Crippen LogP contribution in [0.4, 0.5) is 5.69 Å². The van der Waals surface area contributed by atoms with Gasteiger partial charge >= 0.3 is 0 Å². The van der Waals surface area contributed by atoms with Crippen LogP contribution >= 0.6 is 11.6 Å². The Bertz CT molecular complexity index is 764. The lowest BCUT2D eigenvalue weighted by Crippen LogP contribution is -2.05. The Morgan fingerprint density at radius 1 is 1.14 bits per heavy atom. The van der Waals surface area contributed by atoms with Crippen molar-refractivity contribution in [2.75, 3.05) is 5.73 Å². The van der Waals surface area contributed by atoms with Crippen molar-refractivity contribution >= 4 is 17.3 Å². The normalized spacial score (nSPS) is 10.8. The Kier molecular flexibility index (Phi) is 3.58. The molecule has 0 amide bonds. The standard InChI is InChI=1S/C15H14ClN5/c1-10-2-4-11(5-3-10)9-21-15(18-19-20-21)13-8-12(16)6-7-14(13)17/h2-8H,9,17H2,1H3. The Hall–Kier alpha value is -2.40. The molecule has 1 heterocycles. The number of rotatable bonds is 3. The Morgan fingerprint density at radius 2 is 1.90 bits per heavy atom. The molecule has 1 aromatic heterocycles. The van der Waals surface area contributed by atoms with E-state index >= 15 is 0 Å². The van der Waals surface area contributed by atoms with Crippen molar-refractivity contribution in [3.05, 3.63) is 58.6 Å². The molecule has 2 N–H and O–H groups in total. The van der Waals surface area contributed by atoms with Crippen molar-refractivity contribution in [3.8, 4) is 11.4 Å². The Balaban J connectivity index is 1.97. The van der Waals surface area contributed by atoms with Crippen LogP contribution in [0, 0.1) is 6.92 Å². The first-order valence-electron chi connectivity index (χ1n) is 6.50. The van der Waals surface area contributed by atoms with Crippen molar-refractivity contribution in [2.24, 2.45) is 0 Å². The van der Waals surface area contributed by atoms with Gasteiger partial charge in [0.25, 0.3) is 0 Å². The third kappa shape index (κ3) is 2.87. The van der Waals surface area contributed by atoms with E-state index in [9.17, 15) is 0 Å². The van der Waals surface area contributed by atoms with Gasteiger partial charge in [-0.3, -0.25) is 0 Å². The molecule has 106 valence electrons. The lowest BCUT2D eigenvalue weighted by Gasteiger charge is -2.08. The summed E-state index contributed by atoms with van der Waals surface area (Å²) >= 11 is 6.03. The number of aromatic nitrogens is 4. The average molecular weight is 300 g/mol. The molecule has 5 nitrogen and oxygen atoms in total. The number of nitrogen functional groups attached to an aromatic ring is 1. The molecule has 0 atom stereocenters. The van der Waals surface area contributed by atoms with Crippen molar-refractivity contribution in [1.29, 1.82) is 0 Å². The largest absolute Gasteiger partial charge is 0.398 e. The molecule has 3 rings (SSSR count). The molecule has 3 aromatic rings. The summed E-state index contributed by atoms with van der Waals surface area (Å²) in [6, 6.07) is 13.5. The fraction of sp³-hybridized carbons (Fsp3) is 0.133. The second-order valence-corrected chi connectivity index (χ2v) is 5.31. The molecular weight excluding hydrogens is 286 g/mol. The molecule has 0 radical (unpaired) electrons. The zero-order valence-corrected chi connectivity index (χ0v) is 12.2. The molecule has 0 aliphatic rings. The third-order valence-corrected chi connectivity index (χ3v) is 3.48. The monoisotopic (exact) mass is 299 g/mol. The van der Waals surface area contributed by atoms with Crippen LogP contribution < -0.4 is 5.73 Å². The van der Waals surface area contributed by atoms with E-state index in [0.717, 1.165) is 11.1 Å². The number of anilines is 1. The highest BCUT2D eigenvalue weighted by atomic mass is 35.5. The van der Waals surface area contributed by atoms with Gasteiger partial charge in [-0.25, -0.2) is 4.68 Å². The second kappa shape index (κ2) is 5.54. The summed E-state index contributed by atoms with van der Waals surface area (Å²) in [6.45, 7) is 2.63. The molecule has 6 heteroatoms. The predicted octanol–water partition coefficient (Wildman–Crippen LogP) is 2.93. The first kappa shape index (κ1) is 13.6. The summed E-state index contributed by atoms with van der Waals surface area (Å²) in [6.07, 6.45) is 0. The molecule has 0 spiro atoms. The summed E-state index contributed by atoms with van der Waals surface area (Å²) in [4.78, 5) is 0. The number of nitrogens with two attached hydrogens (primary N) is 1. The minimum Gasteiger partial charge on any atom is -0.398 e. The van der Waals surface area contributed by atoms with Crippen molar-refractivity contribution in [3.63, 3.8) is 0 Å². The highest BCUT2D eigenvalue weighted by Crippen LogP contribution is 2.27. The van der Waals surface area contributed by atoms with Crippen LogP contribution in [-0.2, 0) is 6.54 Å². The van der Waals surface area contributed by atoms with Crippen LogP contribution in [0.3, 0.4) is 0 Å². The highest BCUT2D eigenvalue weighted by molar-refractivity contribution is 6.31. The average Bonchev–Trinajstić information content (AvgIpc) is 2.92. The number of hydrogen-bond acceptors (Lipinski definition) is 4. The van der Waals surface area contributed by atoms with Crippen molar-refractivity contribution in [2.45, 2.75) is 13.5 Å². The van der Waals surface area contributed by atoms with E-state index in [1.807, 2.05) is 0 Å². The molecule has 0 aliphatic heterocycles. The van der Waals surface area contributed by atoms with Gasteiger partial charge in [0, 0.05) is 16.3 Å². The zero-order chi connectivity index (χ0) is 14.8. The smallest absolute Gasteiger partial charge is 0.184 e. The fourth-order valence-corrected chi connectivity index (χ4v) is 2.26. The van der Waals surface area contributed by atoms with Gasteiger partial charge in [0.1, 0.15) is 0 Å². The van der Waals surface area contributed by atoms with E-state index in [-0.39, 0.29) is 0 Å². The molecule has 0 unspecified atom stereocenters. The summed E-state index contributed by atoms with van der Waals surface area (Å²) in [5, 5.41) is 12.5. The minimum atomic E-state index is 0.578. The minimum absolute atomic E-state index is 0.578. The summed E-state index contributed by atoms with van der Waals surface area (Å²) < 4.78 is 1.71. The van der Waals surface area contributed by atoms with Gasteiger partial charge in [0.05, 0.1) is 6.54 Å².